The fraction of sp³-hybridized carbons (Fsp3) is 0.316. The maximum atomic E-state index is 14.1. The summed E-state index contributed by atoms with van der Waals surface area (Å²) in [6, 6.07) is 6.64. The van der Waals surface area contributed by atoms with Gasteiger partial charge in [0.25, 0.3) is 5.60 Å². The van der Waals surface area contributed by atoms with Crippen LogP contribution in [-0.2, 0) is 20.2 Å². The summed E-state index contributed by atoms with van der Waals surface area (Å²) in [5.74, 6) is 0. The standard InChI is InChI=1S/C19H16Cl3F3N2O2S/c1-10-4-11(5-15(22)17(10)27-30(2,3)28)16-9-18(29-26-16,19(23,24)25)12-6-13(20)8-14(21)7-12/h4-8H,9H2,1-3H3. The number of aryl methyl sites for hydroxylation is 1. The van der Waals surface area contributed by atoms with Crippen LogP contribution < -0.4 is 0 Å². The Labute approximate surface area is 187 Å². The predicted molar refractivity (Wildman–Crippen MR) is 115 cm³/mol. The molecule has 0 aromatic heterocycles. The van der Waals surface area contributed by atoms with Crippen LogP contribution in [0.1, 0.15) is 23.1 Å². The molecule has 0 radical (unpaired) electrons. The van der Waals surface area contributed by atoms with Crippen molar-refractivity contribution in [1.82, 2.24) is 0 Å². The van der Waals surface area contributed by atoms with E-state index in [4.69, 9.17) is 39.6 Å². The largest absolute Gasteiger partial charge is 0.435 e. The number of benzene rings is 2. The van der Waals surface area contributed by atoms with Gasteiger partial charge in [0.1, 0.15) is 0 Å². The lowest BCUT2D eigenvalue weighted by Crippen LogP contribution is -2.42. The second-order valence-electron chi connectivity index (χ2n) is 7.19. The number of hydrogen-bond acceptors (Lipinski definition) is 4. The van der Waals surface area contributed by atoms with Crippen LogP contribution in [0.4, 0.5) is 18.9 Å². The van der Waals surface area contributed by atoms with E-state index in [1.54, 1.807) is 13.0 Å². The first-order valence-corrected chi connectivity index (χ1v) is 11.9. The summed E-state index contributed by atoms with van der Waals surface area (Å²) >= 11 is 18.1. The predicted octanol–water partition coefficient (Wildman–Crippen LogP) is 6.90. The molecule has 2 aromatic carbocycles. The first-order chi connectivity index (χ1) is 13.7. The first kappa shape index (κ1) is 23.2. The highest BCUT2D eigenvalue weighted by molar-refractivity contribution is 7.92. The van der Waals surface area contributed by atoms with E-state index < -0.39 is 27.9 Å². The number of hydrogen-bond donors (Lipinski definition) is 0. The van der Waals surface area contributed by atoms with E-state index in [9.17, 15) is 17.4 Å². The van der Waals surface area contributed by atoms with Crippen molar-refractivity contribution >= 4 is 55.9 Å². The molecule has 1 aliphatic heterocycles. The number of nitrogens with zero attached hydrogens (tertiary/aromatic N) is 2. The molecule has 2 aromatic rings. The van der Waals surface area contributed by atoms with Crippen LogP contribution in [0, 0.1) is 6.92 Å². The SMILES string of the molecule is Cc1cc(C2=NOC(c3cc(Cl)cc(Cl)c3)(C(F)(F)F)C2)cc(Cl)c1N=S(C)(C)=O. The zero-order valence-corrected chi connectivity index (χ0v) is 19.1. The molecule has 1 aliphatic rings. The zero-order chi connectivity index (χ0) is 22.5. The smallest absolute Gasteiger partial charge is 0.374 e. The Morgan fingerprint density at radius 1 is 1.10 bits per heavy atom. The minimum atomic E-state index is -4.80. The van der Waals surface area contributed by atoms with Gasteiger partial charge in [-0.1, -0.05) is 40.0 Å². The van der Waals surface area contributed by atoms with Gasteiger partial charge in [-0.3, -0.25) is 0 Å². The minimum absolute atomic E-state index is 0.0470. The average Bonchev–Trinajstić information content (AvgIpc) is 3.03. The van der Waals surface area contributed by atoms with Crippen molar-refractivity contribution in [2.75, 3.05) is 12.5 Å². The number of oxime groups is 1. The minimum Gasteiger partial charge on any atom is -0.374 e. The normalized spacial score (nSPS) is 19.4. The van der Waals surface area contributed by atoms with Crippen LogP contribution in [0.25, 0.3) is 0 Å². The van der Waals surface area contributed by atoms with Gasteiger partial charge in [-0.25, -0.2) is 4.21 Å². The van der Waals surface area contributed by atoms with E-state index in [0.717, 1.165) is 12.1 Å². The Kier molecular flexibility index (Phi) is 6.10. The zero-order valence-electron chi connectivity index (χ0n) is 16.0. The van der Waals surface area contributed by atoms with Crippen molar-refractivity contribution in [2.24, 2.45) is 9.52 Å². The Balaban J connectivity index is 2.06. The second-order valence-corrected chi connectivity index (χ2v) is 11.0. The van der Waals surface area contributed by atoms with E-state index >= 15 is 0 Å². The Bertz CT molecular complexity index is 1120. The molecule has 0 saturated heterocycles. The summed E-state index contributed by atoms with van der Waals surface area (Å²) in [6.45, 7) is 1.67. The van der Waals surface area contributed by atoms with Crippen molar-refractivity contribution in [1.29, 1.82) is 0 Å². The molecule has 1 heterocycles. The molecule has 4 nitrogen and oxygen atoms in total. The molecule has 162 valence electrons. The highest BCUT2D eigenvalue weighted by atomic mass is 35.5. The number of alkyl halides is 3. The van der Waals surface area contributed by atoms with Crippen LogP contribution in [0.3, 0.4) is 0 Å². The molecule has 0 bridgehead atoms. The average molecular weight is 500 g/mol. The maximum Gasteiger partial charge on any atom is 0.435 e. The Morgan fingerprint density at radius 3 is 2.20 bits per heavy atom. The fourth-order valence-corrected chi connectivity index (χ4v) is 4.65. The summed E-state index contributed by atoms with van der Waals surface area (Å²) in [5, 5.41) is 3.96. The Hall–Kier alpha value is -1.48. The van der Waals surface area contributed by atoms with E-state index in [1.165, 1.54) is 24.6 Å². The maximum absolute atomic E-state index is 14.1. The molecule has 0 N–H and O–H groups in total. The molecule has 0 saturated carbocycles. The third-order valence-corrected chi connectivity index (χ3v) is 5.76. The highest BCUT2D eigenvalue weighted by Crippen LogP contribution is 2.50. The van der Waals surface area contributed by atoms with Gasteiger partial charge in [0.15, 0.2) is 0 Å². The molecule has 0 aliphatic carbocycles. The summed E-state index contributed by atoms with van der Waals surface area (Å²) in [7, 11) is -2.47. The fourth-order valence-electron chi connectivity index (χ4n) is 3.08. The van der Waals surface area contributed by atoms with E-state index in [1.807, 2.05) is 0 Å². The molecule has 0 amide bonds. The molecule has 11 heteroatoms. The summed E-state index contributed by atoms with van der Waals surface area (Å²) in [6.07, 6.45) is -2.48. The van der Waals surface area contributed by atoms with Crippen molar-refractivity contribution < 1.29 is 22.2 Å². The van der Waals surface area contributed by atoms with Gasteiger partial charge in [0, 0.05) is 49.8 Å². The van der Waals surface area contributed by atoms with Crippen LogP contribution in [0.2, 0.25) is 15.1 Å². The van der Waals surface area contributed by atoms with Gasteiger partial charge in [0.2, 0.25) is 0 Å². The molecular formula is C19H16Cl3F3N2O2S. The van der Waals surface area contributed by atoms with Gasteiger partial charge < -0.3 is 4.84 Å². The van der Waals surface area contributed by atoms with Crippen molar-refractivity contribution in [3.63, 3.8) is 0 Å². The molecular weight excluding hydrogens is 484 g/mol. The molecule has 1 unspecified atom stereocenters. The van der Waals surface area contributed by atoms with Gasteiger partial charge in [-0.15, -0.1) is 0 Å². The van der Waals surface area contributed by atoms with Gasteiger partial charge in [-0.05, 0) is 42.8 Å². The molecule has 0 spiro atoms. The summed E-state index contributed by atoms with van der Waals surface area (Å²) < 4.78 is 58.4. The van der Waals surface area contributed by atoms with Crippen molar-refractivity contribution in [3.05, 3.63) is 62.1 Å². The first-order valence-electron chi connectivity index (χ1n) is 8.48. The summed E-state index contributed by atoms with van der Waals surface area (Å²) in [5.41, 5.74) is -1.73. The highest BCUT2D eigenvalue weighted by Gasteiger charge is 2.62. The van der Waals surface area contributed by atoms with Gasteiger partial charge in [-0.2, -0.15) is 17.5 Å². The van der Waals surface area contributed by atoms with Gasteiger partial charge >= 0.3 is 6.18 Å². The molecule has 1 atom stereocenters. The molecule has 3 rings (SSSR count). The molecule has 30 heavy (non-hydrogen) atoms. The monoisotopic (exact) mass is 498 g/mol. The lowest BCUT2D eigenvalue weighted by Gasteiger charge is -2.29. The van der Waals surface area contributed by atoms with Crippen molar-refractivity contribution in [3.8, 4) is 0 Å². The molecule has 0 fully saturated rings. The summed E-state index contributed by atoms with van der Waals surface area (Å²) in [4.78, 5) is 4.99. The number of rotatable bonds is 3. The van der Waals surface area contributed by atoms with Crippen LogP contribution in [-0.4, -0.2) is 28.6 Å². The lowest BCUT2D eigenvalue weighted by molar-refractivity contribution is -0.275. The third-order valence-electron chi connectivity index (χ3n) is 4.41. The van der Waals surface area contributed by atoms with Crippen LogP contribution >= 0.6 is 34.8 Å². The second kappa shape index (κ2) is 7.89. The van der Waals surface area contributed by atoms with Gasteiger partial charge in [0.05, 0.1) is 16.4 Å². The van der Waals surface area contributed by atoms with Crippen molar-refractivity contribution in [2.45, 2.75) is 25.1 Å². The number of halogens is 6. The lowest BCUT2D eigenvalue weighted by atomic mass is 9.86. The van der Waals surface area contributed by atoms with E-state index in [-0.39, 0.29) is 26.3 Å². The quantitative estimate of drug-likeness (QED) is 0.461. The topological polar surface area (TPSA) is 51.0 Å². The third kappa shape index (κ3) is 4.56. The van der Waals surface area contributed by atoms with Crippen LogP contribution in [0.15, 0.2) is 39.9 Å². The Morgan fingerprint density at radius 2 is 1.70 bits per heavy atom. The van der Waals surface area contributed by atoms with E-state index in [2.05, 4.69) is 9.52 Å². The van der Waals surface area contributed by atoms with E-state index in [0.29, 0.717) is 16.8 Å². The van der Waals surface area contributed by atoms with Crippen LogP contribution in [0.5, 0.6) is 0 Å².